The molecule has 0 unspecified atom stereocenters. The van der Waals surface area contributed by atoms with E-state index in [0.29, 0.717) is 11.3 Å². The molecule has 1 aromatic heterocycles. The maximum atomic E-state index is 11.8. The minimum atomic E-state index is -0.394. The van der Waals surface area contributed by atoms with Crippen molar-refractivity contribution in [3.63, 3.8) is 0 Å². The quantitative estimate of drug-likeness (QED) is 0.850. The molecule has 2 aromatic rings. The second-order valence-corrected chi connectivity index (χ2v) is 4.99. The van der Waals surface area contributed by atoms with Gasteiger partial charge < -0.3 is 4.42 Å². The Hall–Kier alpha value is -2.56. The minimum absolute atomic E-state index is 0.214. The van der Waals surface area contributed by atoms with E-state index in [1.807, 2.05) is 32.0 Å². The number of hydrazine groups is 1. The van der Waals surface area contributed by atoms with Crippen molar-refractivity contribution in [1.29, 1.82) is 0 Å². The first-order valence-corrected chi connectivity index (χ1v) is 6.67. The normalized spacial score (nSPS) is 10.2. The fourth-order valence-electron chi connectivity index (χ4n) is 1.96. The fourth-order valence-corrected chi connectivity index (χ4v) is 1.96. The van der Waals surface area contributed by atoms with Gasteiger partial charge in [0.25, 0.3) is 5.91 Å². The third kappa shape index (κ3) is 3.72. The largest absolute Gasteiger partial charge is 0.469 e. The second-order valence-electron chi connectivity index (χ2n) is 4.99. The molecule has 1 aromatic carbocycles. The van der Waals surface area contributed by atoms with Crippen LogP contribution in [-0.4, -0.2) is 11.8 Å². The highest BCUT2D eigenvalue weighted by Crippen LogP contribution is 2.10. The second kappa shape index (κ2) is 6.26. The summed E-state index contributed by atoms with van der Waals surface area (Å²) in [4.78, 5) is 23.6. The average molecular weight is 286 g/mol. The summed E-state index contributed by atoms with van der Waals surface area (Å²) in [7, 11) is 0. The molecule has 0 bridgehead atoms. The molecule has 2 amide bonds. The molecule has 110 valence electrons. The van der Waals surface area contributed by atoms with Crippen LogP contribution in [0.5, 0.6) is 0 Å². The van der Waals surface area contributed by atoms with Gasteiger partial charge in [0.05, 0.1) is 18.2 Å². The highest BCUT2D eigenvalue weighted by atomic mass is 16.3. The van der Waals surface area contributed by atoms with Gasteiger partial charge in [-0.05, 0) is 43.5 Å². The van der Waals surface area contributed by atoms with Crippen molar-refractivity contribution in [3.8, 4) is 0 Å². The summed E-state index contributed by atoms with van der Waals surface area (Å²) in [5.74, 6) is -0.154. The number of aryl methyl sites for hydroxylation is 3. The van der Waals surface area contributed by atoms with Gasteiger partial charge in [0.2, 0.25) is 5.91 Å². The standard InChI is InChI=1S/C16H18N2O3/c1-10-4-5-13(8-11(10)2)9-15(19)17-18-16(20)14-6-7-21-12(14)3/h4-8H,9H2,1-3H3,(H,17,19)(H,18,20). The van der Waals surface area contributed by atoms with Gasteiger partial charge in [-0.15, -0.1) is 0 Å². The van der Waals surface area contributed by atoms with Crippen LogP contribution in [0.4, 0.5) is 0 Å². The Labute approximate surface area is 123 Å². The van der Waals surface area contributed by atoms with Crippen LogP contribution >= 0.6 is 0 Å². The lowest BCUT2D eigenvalue weighted by molar-refractivity contribution is -0.121. The maximum absolute atomic E-state index is 11.8. The Morgan fingerprint density at radius 3 is 2.43 bits per heavy atom. The first-order valence-electron chi connectivity index (χ1n) is 6.67. The summed E-state index contributed by atoms with van der Waals surface area (Å²) in [6.07, 6.45) is 1.65. The molecule has 5 nitrogen and oxygen atoms in total. The van der Waals surface area contributed by atoms with E-state index in [4.69, 9.17) is 4.42 Å². The molecule has 21 heavy (non-hydrogen) atoms. The summed E-state index contributed by atoms with van der Waals surface area (Å²) in [5, 5.41) is 0. The van der Waals surface area contributed by atoms with Crippen LogP contribution in [-0.2, 0) is 11.2 Å². The first-order chi connectivity index (χ1) is 9.97. The number of rotatable bonds is 3. The van der Waals surface area contributed by atoms with Gasteiger partial charge in [0, 0.05) is 0 Å². The number of benzene rings is 1. The highest BCUT2D eigenvalue weighted by molar-refractivity contribution is 5.96. The van der Waals surface area contributed by atoms with Gasteiger partial charge in [0.15, 0.2) is 0 Å². The topological polar surface area (TPSA) is 71.3 Å². The monoisotopic (exact) mass is 286 g/mol. The molecule has 5 heteroatoms. The third-order valence-electron chi connectivity index (χ3n) is 3.35. The average Bonchev–Trinajstić information content (AvgIpc) is 2.86. The zero-order valence-corrected chi connectivity index (χ0v) is 12.3. The zero-order valence-electron chi connectivity index (χ0n) is 12.3. The van der Waals surface area contributed by atoms with Gasteiger partial charge in [-0.2, -0.15) is 0 Å². The summed E-state index contributed by atoms with van der Waals surface area (Å²) in [5.41, 5.74) is 8.41. The summed E-state index contributed by atoms with van der Waals surface area (Å²) >= 11 is 0. The van der Waals surface area contributed by atoms with E-state index in [0.717, 1.165) is 11.1 Å². The fraction of sp³-hybridized carbons (Fsp3) is 0.250. The van der Waals surface area contributed by atoms with Gasteiger partial charge >= 0.3 is 0 Å². The van der Waals surface area contributed by atoms with Crippen LogP contribution in [0.2, 0.25) is 0 Å². The Bertz CT molecular complexity index is 674. The summed E-state index contributed by atoms with van der Waals surface area (Å²) < 4.78 is 5.04. The van der Waals surface area contributed by atoms with Gasteiger partial charge in [-0.1, -0.05) is 18.2 Å². The molecule has 0 fully saturated rings. The predicted molar refractivity (Wildman–Crippen MR) is 78.7 cm³/mol. The number of carbonyl (C=O) groups is 2. The first kappa shape index (κ1) is 14.8. The Balaban J connectivity index is 1.89. The van der Waals surface area contributed by atoms with Gasteiger partial charge in [-0.3, -0.25) is 20.4 Å². The number of hydrogen-bond acceptors (Lipinski definition) is 3. The van der Waals surface area contributed by atoms with Crippen LogP contribution in [0.1, 0.15) is 32.8 Å². The molecule has 1 heterocycles. The number of furan rings is 1. The minimum Gasteiger partial charge on any atom is -0.469 e. The van der Waals surface area contributed by atoms with Crippen molar-refractivity contribution in [2.75, 3.05) is 0 Å². The van der Waals surface area contributed by atoms with Crippen LogP contribution < -0.4 is 10.9 Å². The van der Waals surface area contributed by atoms with Crippen molar-refractivity contribution in [3.05, 3.63) is 58.5 Å². The predicted octanol–water partition coefficient (Wildman–Crippen LogP) is 2.21. The Kier molecular flexibility index (Phi) is 4.42. The van der Waals surface area contributed by atoms with Crippen molar-refractivity contribution in [2.24, 2.45) is 0 Å². The lowest BCUT2D eigenvalue weighted by atomic mass is 10.0. The van der Waals surface area contributed by atoms with Gasteiger partial charge in [0.1, 0.15) is 5.76 Å². The molecule has 0 aliphatic rings. The van der Waals surface area contributed by atoms with Crippen molar-refractivity contribution >= 4 is 11.8 Å². The van der Waals surface area contributed by atoms with Crippen LogP contribution in [0.15, 0.2) is 34.9 Å². The van der Waals surface area contributed by atoms with Crippen LogP contribution in [0.25, 0.3) is 0 Å². The third-order valence-corrected chi connectivity index (χ3v) is 3.35. The van der Waals surface area contributed by atoms with E-state index in [9.17, 15) is 9.59 Å². The number of nitrogens with one attached hydrogen (secondary N) is 2. The molecule has 0 aliphatic carbocycles. The summed E-state index contributed by atoms with van der Waals surface area (Å²) in [6, 6.07) is 7.41. The Morgan fingerprint density at radius 2 is 1.81 bits per heavy atom. The molecular formula is C16H18N2O3. The lowest BCUT2D eigenvalue weighted by Crippen LogP contribution is -2.42. The molecule has 0 aliphatic heterocycles. The maximum Gasteiger partial charge on any atom is 0.273 e. The number of hydrogen-bond donors (Lipinski definition) is 2. The molecule has 0 saturated heterocycles. The molecular weight excluding hydrogens is 268 g/mol. The van der Waals surface area contributed by atoms with E-state index >= 15 is 0 Å². The van der Waals surface area contributed by atoms with Gasteiger partial charge in [-0.25, -0.2) is 0 Å². The van der Waals surface area contributed by atoms with E-state index in [-0.39, 0.29) is 12.3 Å². The van der Waals surface area contributed by atoms with Crippen molar-refractivity contribution in [2.45, 2.75) is 27.2 Å². The molecule has 2 rings (SSSR count). The lowest BCUT2D eigenvalue weighted by Gasteiger charge is -2.08. The van der Waals surface area contributed by atoms with E-state index < -0.39 is 5.91 Å². The van der Waals surface area contributed by atoms with Crippen molar-refractivity contribution in [1.82, 2.24) is 10.9 Å². The van der Waals surface area contributed by atoms with Crippen LogP contribution in [0.3, 0.4) is 0 Å². The van der Waals surface area contributed by atoms with E-state index in [1.54, 1.807) is 13.0 Å². The van der Waals surface area contributed by atoms with Crippen molar-refractivity contribution < 1.29 is 14.0 Å². The van der Waals surface area contributed by atoms with E-state index in [1.165, 1.54) is 11.8 Å². The summed E-state index contributed by atoms with van der Waals surface area (Å²) in [6.45, 7) is 5.71. The highest BCUT2D eigenvalue weighted by Gasteiger charge is 2.12. The molecule has 0 radical (unpaired) electrons. The zero-order chi connectivity index (χ0) is 15.4. The molecule has 0 spiro atoms. The van der Waals surface area contributed by atoms with Crippen LogP contribution in [0, 0.1) is 20.8 Å². The molecule has 0 atom stereocenters. The molecule has 0 saturated carbocycles. The number of carbonyl (C=O) groups excluding carboxylic acids is 2. The SMILES string of the molecule is Cc1ccc(CC(=O)NNC(=O)c2ccoc2C)cc1C. The Morgan fingerprint density at radius 1 is 1.05 bits per heavy atom. The molecule has 2 N–H and O–H groups in total. The smallest absolute Gasteiger partial charge is 0.273 e. The van der Waals surface area contributed by atoms with E-state index in [2.05, 4.69) is 10.9 Å². The number of amides is 2.